The van der Waals surface area contributed by atoms with Crippen LogP contribution >= 0.6 is 0 Å². The van der Waals surface area contributed by atoms with Crippen molar-refractivity contribution in [2.75, 3.05) is 11.4 Å². The fraction of sp³-hybridized carbons (Fsp3) is 0.318. The highest BCUT2D eigenvalue weighted by molar-refractivity contribution is 6.03. The van der Waals surface area contributed by atoms with Gasteiger partial charge in [-0.1, -0.05) is 12.1 Å². The maximum Gasteiger partial charge on any atom is 0.251 e. The number of carbonyl (C=O) groups excluding carboxylic acids is 3. The molecular weight excluding hydrogens is 378 g/mol. The highest BCUT2D eigenvalue weighted by Gasteiger charge is 2.52. The summed E-state index contributed by atoms with van der Waals surface area (Å²) in [7, 11) is 0. The first-order valence-electron chi connectivity index (χ1n) is 9.52. The molecular formula is C22H20F2N2O3. The van der Waals surface area contributed by atoms with E-state index in [0.29, 0.717) is 25.1 Å². The van der Waals surface area contributed by atoms with Crippen molar-refractivity contribution >= 4 is 23.3 Å². The predicted octanol–water partition coefficient (Wildman–Crippen LogP) is 3.24. The van der Waals surface area contributed by atoms with Crippen LogP contribution in [0.1, 0.15) is 36.0 Å². The number of carbonyl (C=O) groups is 3. The van der Waals surface area contributed by atoms with Crippen molar-refractivity contribution in [1.29, 1.82) is 0 Å². The summed E-state index contributed by atoms with van der Waals surface area (Å²) >= 11 is 0. The van der Waals surface area contributed by atoms with Crippen molar-refractivity contribution in [3.63, 3.8) is 0 Å². The Bertz CT molecular complexity index is 994. The summed E-state index contributed by atoms with van der Waals surface area (Å²) in [6.45, 7) is 0.389. The molecule has 0 bridgehead atoms. The van der Waals surface area contributed by atoms with Gasteiger partial charge in [0.05, 0.1) is 5.41 Å². The summed E-state index contributed by atoms with van der Waals surface area (Å²) in [5.74, 6) is -1.76. The Balaban J connectivity index is 1.52. The summed E-state index contributed by atoms with van der Waals surface area (Å²) in [4.78, 5) is 39.5. The van der Waals surface area contributed by atoms with E-state index in [9.17, 15) is 23.2 Å². The van der Waals surface area contributed by atoms with Crippen LogP contribution in [0.3, 0.4) is 0 Å². The minimum Gasteiger partial charge on any atom is -0.349 e. The molecule has 1 aliphatic carbocycles. The van der Waals surface area contributed by atoms with Crippen molar-refractivity contribution in [2.24, 2.45) is 5.41 Å². The van der Waals surface area contributed by atoms with Crippen LogP contribution in [0.2, 0.25) is 0 Å². The Morgan fingerprint density at radius 2 is 1.79 bits per heavy atom. The summed E-state index contributed by atoms with van der Waals surface area (Å²) in [6.07, 6.45) is 1.03. The van der Waals surface area contributed by atoms with Gasteiger partial charge in [0.2, 0.25) is 5.91 Å². The average Bonchev–Trinajstić information content (AvgIpc) is 2.96. The Labute approximate surface area is 166 Å². The number of amides is 2. The van der Waals surface area contributed by atoms with E-state index >= 15 is 0 Å². The molecule has 2 aromatic carbocycles. The van der Waals surface area contributed by atoms with E-state index < -0.39 is 29.0 Å². The monoisotopic (exact) mass is 398 g/mol. The van der Waals surface area contributed by atoms with Crippen LogP contribution in [0, 0.1) is 17.0 Å². The number of anilines is 1. The number of nitrogens with one attached hydrogen (secondary N) is 1. The predicted molar refractivity (Wildman–Crippen MR) is 102 cm³/mol. The quantitative estimate of drug-likeness (QED) is 0.863. The van der Waals surface area contributed by atoms with E-state index in [-0.39, 0.29) is 30.1 Å². The lowest BCUT2D eigenvalue weighted by atomic mass is 9.70. The highest BCUT2D eigenvalue weighted by atomic mass is 19.1. The van der Waals surface area contributed by atoms with Gasteiger partial charge in [-0.25, -0.2) is 8.78 Å². The molecule has 2 atom stereocenters. The Kier molecular flexibility index (Phi) is 4.90. The van der Waals surface area contributed by atoms with Crippen molar-refractivity contribution in [3.05, 3.63) is 65.7 Å². The van der Waals surface area contributed by atoms with Gasteiger partial charge in [-0.15, -0.1) is 0 Å². The minimum absolute atomic E-state index is 0.102. The first kappa shape index (κ1) is 19.2. The van der Waals surface area contributed by atoms with Gasteiger partial charge < -0.3 is 10.2 Å². The third-order valence-electron chi connectivity index (χ3n) is 5.70. The molecule has 4 rings (SSSR count). The van der Waals surface area contributed by atoms with Crippen molar-refractivity contribution in [3.8, 4) is 0 Å². The minimum atomic E-state index is -0.901. The zero-order valence-corrected chi connectivity index (χ0v) is 15.7. The SMILES string of the molecule is O=C1CC(NC(=O)c2cccc(F)c2)CC2(CCN(c3cccc(F)c3)C2=O)C1. The Hall–Kier alpha value is -3.09. The van der Waals surface area contributed by atoms with E-state index in [1.54, 1.807) is 6.07 Å². The third-order valence-corrected chi connectivity index (χ3v) is 5.70. The molecule has 1 saturated carbocycles. The number of nitrogens with zero attached hydrogens (tertiary/aromatic N) is 1. The first-order chi connectivity index (χ1) is 13.9. The lowest BCUT2D eigenvalue weighted by Crippen LogP contribution is -2.48. The third kappa shape index (κ3) is 3.77. The molecule has 29 heavy (non-hydrogen) atoms. The smallest absolute Gasteiger partial charge is 0.251 e. The molecule has 2 unspecified atom stereocenters. The topological polar surface area (TPSA) is 66.5 Å². The molecule has 5 nitrogen and oxygen atoms in total. The summed E-state index contributed by atoms with van der Waals surface area (Å²) in [5, 5.41) is 2.77. The van der Waals surface area contributed by atoms with E-state index in [1.165, 1.54) is 41.3 Å². The Morgan fingerprint density at radius 1 is 1.07 bits per heavy atom. The molecule has 2 aromatic rings. The second-order valence-electron chi connectivity index (χ2n) is 7.77. The van der Waals surface area contributed by atoms with Gasteiger partial charge in [0, 0.05) is 36.7 Å². The average molecular weight is 398 g/mol. The number of ketones is 1. The number of hydrogen-bond acceptors (Lipinski definition) is 3. The fourth-order valence-corrected chi connectivity index (χ4v) is 4.41. The van der Waals surface area contributed by atoms with E-state index in [4.69, 9.17) is 0 Å². The number of hydrogen-bond donors (Lipinski definition) is 1. The second kappa shape index (κ2) is 7.39. The van der Waals surface area contributed by atoms with Gasteiger partial charge in [-0.05, 0) is 49.2 Å². The van der Waals surface area contributed by atoms with E-state index in [0.717, 1.165) is 6.07 Å². The van der Waals surface area contributed by atoms with Gasteiger partial charge in [-0.2, -0.15) is 0 Å². The lowest BCUT2D eigenvalue weighted by molar-refractivity contribution is -0.135. The number of halogens is 2. The van der Waals surface area contributed by atoms with Crippen LogP contribution in [0.25, 0.3) is 0 Å². The second-order valence-corrected chi connectivity index (χ2v) is 7.77. The summed E-state index contributed by atoms with van der Waals surface area (Å²) in [6, 6.07) is 10.6. The van der Waals surface area contributed by atoms with Gasteiger partial charge in [0.1, 0.15) is 17.4 Å². The van der Waals surface area contributed by atoms with Crippen LogP contribution in [-0.2, 0) is 9.59 Å². The van der Waals surface area contributed by atoms with Crippen LogP contribution in [0.4, 0.5) is 14.5 Å². The molecule has 1 saturated heterocycles. The molecule has 7 heteroatoms. The van der Waals surface area contributed by atoms with E-state index in [2.05, 4.69) is 5.32 Å². The lowest BCUT2D eigenvalue weighted by Gasteiger charge is -2.36. The van der Waals surface area contributed by atoms with Gasteiger partial charge in [0.25, 0.3) is 5.91 Å². The van der Waals surface area contributed by atoms with Crippen LogP contribution in [0.15, 0.2) is 48.5 Å². The van der Waals surface area contributed by atoms with Crippen LogP contribution in [0.5, 0.6) is 0 Å². The van der Waals surface area contributed by atoms with Crippen molar-refractivity contribution < 1.29 is 23.2 Å². The van der Waals surface area contributed by atoms with Crippen LogP contribution in [-0.4, -0.2) is 30.2 Å². The van der Waals surface area contributed by atoms with Crippen molar-refractivity contribution in [1.82, 2.24) is 5.32 Å². The number of Topliss-reactive ketones (excluding diaryl/α,β-unsaturated/α-hetero) is 1. The van der Waals surface area contributed by atoms with Gasteiger partial charge in [-0.3, -0.25) is 14.4 Å². The highest BCUT2D eigenvalue weighted by Crippen LogP contribution is 2.45. The number of benzene rings is 2. The zero-order chi connectivity index (χ0) is 20.6. The molecule has 1 aliphatic heterocycles. The largest absolute Gasteiger partial charge is 0.349 e. The molecule has 1 spiro atoms. The maximum atomic E-state index is 13.6. The molecule has 2 aliphatic rings. The molecule has 2 fully saturated rings. The molecule has 2 amide bonds. The van der Waals surface area contributed by atoms with Gasteiger partial charge >= 0.3 is 0 Å². The number of rotatable bonds is 3. The summed E-state index contributed by atoms with van der Waals surface area (Å²) < 4.78 is 27.0. The van der Waals surface area contributed by atoms with Crippen molar-refractivity contribution in [2.45, 2.75) is 31.7 Å². The summed E-state index contributed by atoms with van der Waals surface area (Å²) in [5.41, 5.74) is -0.275. The Morgan fingerprint density at radius 3 is 2.52 bits per heavy atom. The molecule has 150 valence electrons. The fourth-order valence-electron chi connectivity index (χ4n) is 4.41. The maximum absolute atomic E-state index is 13.6. The van der Waals surface area contributed by atoms with E-state index in [1.807, 2.05) is 0 Å². The van der Waals surface area contributed by atoms with Gasteiger partial charge in [0.15, 0.2) is 0 Å². The zero-order valence-electron chi connectivity index (χ0n) is 15.7. The molecule has 0 radical (unpaired) electrons. The standard InChI is InChI=1S/C22H20F2N2O3/c23-15-4-1-3-14(9-15)20(28)25-17-11-19(27)13-22(12-17)7-8-26(21(22)29)18-6-2-5-16(24)10-18/h1-6,9-10,17H,7-8,11-13H2,(H,25,28). The normalized spacial score (nSPS) is 24.2. The molecule has 1 heterocycles. The first-order valence-corrected chi connectivity index (χ1v) is 9.52. The van der Waals surface area contributed by atoms with Crippen LogP contribution < -0.4 is 10.2 Å². The molecule has 1 N–H and O–H groups in total. The molecule has 0 aromatic heterocycles.